The van der Waals surface area contributed by atoms with Gasteiger partial charge >= 0.3 is 0 Å². The van der Waals surface area contributed by atoms with Gasteiger partial charge in [0, 0.05) is 18.4 Å². The highest BCUT2D eigenvalue weighted by molar-refractivity contribution is 5.92. The van der Waals surface area contributed by atoms with E-state index in [4.69, 9.17) is 10.5 Å². The van der Waals surface area contributed by atoms with Gasteiger partial charge in [-0.05, 0) is 43.9 Å². The van der Waals surface area contributed by atoms with Gasteiger partial charge in [0.05, 0.1) is 6.04 Å². The number of carbonyl (C=O) groups is 2. The topological polar surface area (TPSA) is 114 Å². The molecular formula is C20H22FN3O4. The second-order valence-electron chi connectivity index (χ2n) is 6.95. The lowest BCUT2D eigenvalue weighted by molar-refractivity contribution is -0.144. The number of aromatic amines is 1. The van der Waals surface area contributed by atoms with E-state index in [1.165, 1.54) is 38.3 Å². The average molecular weight is 387 g/mol. The largest absolute Gasteiger partial charge is 0.365 e. The van der Waals surface area contributed by atoms with Gasteiger partial charge < -0.3 is 20.8 Å². The second-order valence-corrected chi connectivity index (χ2v) is 6.95. The van der Waals surface area contributed by atoms with Gasteiger partial charge in [-0.1, -0.05) is 18.2 Å². The van der Waals surface area contributed by atoms with E-state index in [2.05, 4.69) is 10.3 Å². The number of methoxy groups -OCH3 is 1. The lowest BCUT2D eigenvalue weighted by Crippen LogP contribution is -2.46. The zero-order valence-electron chi connectivity index (χ0n) is 15.7. The Balaban J connectivity index is 1.95. The number of carbonyl (C=O) groups excluding carboxylic acids is 2. The molecule has 0 bridgehead atoms. The molecule has 3 rings (SSSR count). The molecule has 1 aliphatic rings. The number of primary amides is 1. The fourth-order valence-electron chi connectivity index (χ4n) is 3.54. The smallest absolute Gasteiger partial charge is 0.261 e. The van der Waals surface area contributed by atoms with Crippen molar-refractivity contribution in [1.29, 1.82) is 0 Å². The van der Waals surface area contributed by atoms with Gasteiger partial charge in [-0.25, -0.2) is 4.39 Å². The van der Waals surface area contributed by atoms with Crippen molar-refractivity contribution >= 4 is 11.8 Å². The quantitative estimate of drug-likeness (QED) is 0.724. The molecule has 1 aromatic heterocycles. The molecule has 1 heterocycles. The molecule has 8 heteroatoms. The van der Waals surface area contributed by atoms with Crippen LogP contribution in [0.15, 0.2) is 35.1 Å². The number of nitrogens with two attached hydrogens (primary N) is 1. The van der Waals surface area contributed by atoms with E-state index in [0.717, 1.165) is 6.42 Å². The number of hydrogen-bond donors (Lipinski definition) is 3. The molecule has 28 heavy (non-hydrogen) atoms. The van der Waals surface area contributed by atoms with Crippen LogP contribution in [0.3, 0.4) is 0 Å². The number of aryl methyl sites for hydroxylation is 1. The van der Waals surface area contributed by atoms with E-state index in [1.807, 2.05) is 0 Å². The predicted molar refractivity (Wildman–Crippen MR) is 100 cm³/mol. The van der Waals surface area contributed by atoms with Crippen LogP contribution in [0.2, 0.25) is 0 Å². The minimum atomic E-state index is -1.54. The normalized spacial score (nSPS) is 18.0. The third kappa shape index (κ3) is 3.43. The zero-order chi connectivity index (χ0) is 20.5. The first-order valence-electron chi connectivity index (χ1n) is 8.95. The van der Waals surface area contributed by atoms with E-state index in [9.17, 15) is 18.8 Å². The lowest BCUT2D eigenvalue weighted by Gasteiger charge is -2.32. The van der Waals surface area contributed by atoms with Crippen molar-refractivity contribution in [2.75, 3.05) is 7.11 Å². The second kappa shape index (κ2) is 7.55. The molecule has 4 N–H and O–H groups in total. The van der Waals surface area contributed by atoms with Gasteiger partial charge in [0.2, 0.25) is 0 Å². The van der Waals surface area contributed by atoms with Crippen LogP contribution < -0.4 is 16.6 Å². The number of pyridine rings is 1. The van der Waals surface area contributed by atoms with Crippen molar-refractivity contribution in [3.63, 3.8) is 0 Å². The van der Waals surface area contributed by atoms with Gasteiger partial charge in [-0.15, -0.1) is 0 Å². The Morgan fingerprint density at radius 1 is 1.36 bits per heavy atom. The Kier molecular flexibility index (Phi) is 5.33. The number of aromatic nitrogens is 1. The van der Waals surface area contributed by atoms with Crippen molar-refractivity contribution in [3.05, 3.63) is 68.9 Å². The first-order valence-corrected chi connectivity index (χ1v) is 8.95. The maximum Gasteiger partial charge on any atom is 0.261 e. The molecule has 0 unspecified atom stereocenters. The van der Waals surface area contributed by atoms with Crippen molar-refractivity contribution in [3.8, 4) is 0 Å². The maximum absolute atomic E-state index is 14.3. The zero-order valence-corrected chi connectivity index (χ0v) is 15.7. The van der Waals surface area contributed by atoms with Gasteiger partial charge in [0.1, 0.15) is 11.4 Å². The third-order valence-electron chi connectivity index (χ3n) is 5.25. The number of ether oxygens (including phenoxy) is 1. The molecule has 1 aromatic carbocycles. The van der Waals surface area contributed by atoms with Crippen LogP contribution in [-0.4, -0.2) is 23.9 Å². The number of rotatable bonds is 5. The number of fused-ring (bicyclic) bond motifs is 1. The molecule has 7 nitrogen and oxygen atoms in total. The number of hydrogen-bond acceptors (Lipinski definition) is 4. The summed E-state index contributed by atoms with van der Waals surface area (Å²) in [5.74, 6) is -1.91. The summed E-state index contributed by atoms with van der Waals surface area (Å²) in [6, 6.07) is 6.88. The summed E-state index contributed by atoms with van der Waals surface area (Å²) in [6.45, 7) is 1.49. The summed E-state index contributed by atoms with van der Waals surface area (Å²) in [5.41, 5.74) is 4.40. The van der Waals surface area contributed by atoms with Crippen LogP contribution >= 0.6 is 0 Å². The van der Waals surface area contributed by atoms with Gasteiger partial charge in [0.15, 0.2) is 5.60 Å². The highest BCUT2D eigenvalue weighted by Crippen LogP contribution is 2.32. The van der Waals surface area contributed by atoms with Crippen molar-refractivity contribution in [2.45, 2.75) is 37.8 Å². The Morgan fingerprint density at radius 3 is 2.71 bits per heavy atom. The van der Waals surface area contributed by atoms with Crippen LogP contribution in [0, 0.1) is 5.82 Å². The molecule has 0 saturated heterocycles. The first-order chi connectivity index (χ1) is 13.3. The Bertz CT molecular complexity index is 988. The number of amides is 2. The molecule has 148 valence electrons. The van der Waals surface area contributed by atoms with Crippen LogP contribution in [-0.2, 0) is 21.6 Å². The van der Waals surface area contributed by atoms with Crippen LogP contribution in [0.4, 0.5) is 4.39 Å². The fraction of sp³-hybridized carbons (Fsp3) is 0.350. The number of benzene rings is 1. The first kappa shape index (κ1) is 19.8. The Labute approximate surface area is 161 Å². The van der Waals surface area contributed by atoms with Crippen LogP contribution in [0.1, 0.15) is 53.0 Å². The summed E-state index contributed by atoms with van der Waals surface area (Å²) in [7, 11) is 1.34. The SMILES string of the molecule is CO[C@@](C)(C(=O)N[C@H]1CCCc2[nH]c(=O)c(C(N)=O)cc21)c1ccccc1F. The highest BCUT2D eigenvalue weighted by Gasteiger charge is 2.39. The minimum Gasteiger partial charge on any atom is -0.365 e. The highest BCUT2D eigenvalue weighted by atomic mass is 19.1. The molecule has 2 amide bonds. The van der Waals surface area contributed by atoms with Gasteiger partial charge in [-0.2, -0.15) is 0 Å². The summed E-state index contributed by atoms with van der Waals surface area (Å²) < 4.78 is 19.7. The predicted octanol–water partition coefficient (Wildman–Crippen LogP) is 1.67. The van der Waals surface area contributed by atoms with Gasteiger partial charge in [0.25, 0.3) is 17.4 Å². The molecule has 1 aliphatic carbocycles. The standard InChI is InChI=1S/C20H22FN3O4/c1-20(28-2,13-6-3-4-7-14(13)21)19(27)24-16-9-5-8-15-11(16)10-12(17(22)25)18(26)23-15/h3-4,6-7,10,16H,5,8-9H2,1-2H3,(H2,22,25)(H,23,26)(H,24,27)/t16-,20+/m0/s1. The maximum atomic E-state index is 14.3. The van der Waals surface area contributed by atoms with Crippen molar-refractivity contribution in [1.82, 2.24) is 10.3 Å². The fourth-order valence-corrected chi connectivity index (χ4v) is 3.54. The summed E-state index contributed by atoms with van der Waals surface area (Å²) >= 11 is 0. The van der Waals surface area contributed by atoms with Crippen LogP contribution in [0.25, 0.3) is 0 Å². The molecule has 0 saturated carbocycles. The van der Waals surface area contributed by atoms with Gasteiger partial charge in [-0.3, -0.25) is 14.4 Å². The number of halogens is 1. The summed E-state index contributed by atoms with van der Waals surface area (Å²) in [6.07, 6.45) is 1.94. The molecular weight excluding hydrogens is 365 g/mol. The monoisotopic (exact) mass is 387 g/mol. The summed E-state index contributed by atoms with van der Waals surface area (Å²) in [4.78, 5) is 39.2. The molecule has 0 spiro atoms. The average Bonchev–Trinajstić information content (AvgIpc) is 2.67. The van der Waals surface area contributed by atoms with Crippen LogP contribution in [0.5, 0.6) is 0 Å². The van der Waals surface area contributed by atoms with Crippen molar-refractivity contribution < 1.29 is 18.7 Å². The Hall–Kier alpha value is -3.00. The Morgan fingerprint density at radius 2 is 2.07 bits per heavy atom. The van der Waals surface area contributed by atoms with E-state index in [0.29, 0.717) is 24.1 Å². The van der Waals surface area contributed by atoms with E-state index >= 15 is 0 Å². The molecule has 0 fully saturated rings. The van der Waals surface area contributed by atoms with E-state index < -0.39 is 34.8 Å². The third-order valence-corrected chi connectivity index (χ3v) is 5.25. The minimum absolute atomic E-state index is 0.116. The number of nitrogens with one attached hydrogen (secondary N) is 2. The summed E-state index contributed by atoms with van der Waals surface area (Å²) in [5, 5.41) is 2.87. The number of H-pyrrole nitrogens is 1. The molecule has 0 aliphatic heterocycles. The molecule has 2 atom stereocenters. The lowest BCUT2D eigenvalue weighted by atomic mass is 9.88. The molecule has 2 aromatic rings. The van der Waals surface area contributed by atoms with E-state index in [1.54, 1.807) is 6.07 Å². The van der Waals surface area contributed by atoms with E-state index in [-0.39, 0.29) is 11.1 Å². The van der Waals surface area contributed by atoms with Crippen molar-refractivity contribution in [2.24, 2.45) is 5.73 Å². The molecule has 0 radical (unpaired) electrons.